The van der Waals surface area contributed by atoms with Crippen LogP contribution in [0.15, 0.2) is 96.0 Å². The van der Waals surface area contributed by atoms with Gasteiger partial charge in [0, 0.05) is 61.2 Å². The summed E-state index contributed by atoms with van der Waals surface area (Å²) in [6.45, 7) is 3.82. The number of anilines is 1. The van der Waals surface area contributed by atoms with Crippen molar-refractivity contribution in [3.63, 3.8) is 0 Å². The summed E-state index contributed by atoms with van der Waals surface area (Å²) in [7, 11) is 0. The number of nitriles is 1. The molecule has 0 saturated carbocycles. The Bertz CT molecular complexity index is 1910. The molecule has 2 fully saturated rings. The van der Waals surface area contributed by atoms with E-state index in [0.717, 1.165) is 64.6 Å². The molecule has 0 unspecified atom stereocenters. The molecular weight excluding hydrogens is 611 g/mol. The maximum absolute atomic E-state index is 11.8. The quantitative estimate of drug-likeness (QED) is 0.219. The number of amides is 1. The van der Waals surface area contributed by atoms with Crippen molar-refractivity contribution in [3.8, 4) is 34.2 Å². The lowest BCUT2D eigenvalue weighted by Crippen LogP contribution is -2.42. The molecule has 238 valence electrons. The standard InChI is InChI=1S/C37H35N5O4S/c38-24-28-22-27(8-11-35(28)46-30-13-16-41(17-14-30)36(44)25-43)32-12-15-39-37-33(32)23-34(42(37)47-31-4-2-1-3-5-31)26-6-9-29(10-7-26)40-18-20-45-21-19-40/h1-12,15,22-23,30,43H,13-14,16-21,25H2. The first-order valence-electron chi connectivity index (χ1n) is 15.9. The Labute approximate surface area is 278 Å². The van der Waals surface area contributed by atoms with Crippen molar-refractivity contribution in [2.24, 2.45) is 0 Å². The second-order valence-corrected chi connectivity index (χ2v) is 12.7. The van der Waals surface area contributed by atoms with Gasteiger partial charge in [0.15, 0.2) is 5.65 Å². The summed E-state index contributed by atoms with van der Waals surface area (Å²) >= 11 is 1.63. The van der Waals surface area contributed by atoms with E-state index in [9.17, 15) is 10.1 Å². The molecule has 7 rings (SSSR count). The topological polar surface area (TPSA) is 104 Å². The van der Waals surface area contributed by atoms with Gasteiger partial charge in [-0.25, -0.2) is 4.98 Å². The van der Waals surface area contributed by atoms with E-state index in [1.165, 1.54) is 5.69 Å². The number of rotatable bonds is 8. The average Bonchev–Trinajstić information content (AvgIpc) is 3.51. The minimum Gasteiger partial charge on any atom is -0.489 e. The van der Waals surface area contributed by atoms with Crippen LogP contribution in [0.2, 0.25) is 0 Å². The van der Waals surface area contributed by atoms with Crippen LogP contribution in [-0.2, 0) is 9.53 Å². The van der Waals surface area contributed by atoms with Crippen LogP contribution in [-0.4, -0.2) is 77.0 Å². The minimum atomic E-state index is -0.481. The minimum absolute atomic E-state index is 0.107. The molecule has 4 heterocycles. The van der Waals surface area contributed by atoms with E-state index in [-0.39, 0.29) is 12.0 Å². The van der Waals surface area contributed by atoms with E-state index < -0.39 is 6.61 Å². The number of morpholine rings is 1. The highest BCUT2D eigenvalue weighted by atomic mass is 32.2. The maximum Gasteiger partial charge on any atom is 0.248 e. The zero-order valence-corrected chi connectivity index (χ0v) is 26.7. The van der Waals surface area contributed by atoms with Crippen LogP contribution in [0.5, 0.6) is 5.75 Å². The van der Waals surface area contributed by atoms with Crippen LogP contribution < -0.4 is 9.64 Å². The van der Waals surface area contributed by atoms with E-state index in [0.29, 0.717) is 37.2 Å². The molecule has 47 heavy (non-hydrogen) atoms. The van der Waals surface area contributed by atoms with Gasteiger partial charge in [0.2, 0.25) is 5.91 Å². The molecular formula is C37H35N5O4S. The molecule has 0 spiro atoms. The second-order valence-electron chi connectivity index (χ2n) is 11.6. The van der Waals surface area contributed by atoms with E-state index >= 15 is 0 Å². The zero-order valence-electron chi connectivity index (χ0n) is 25.9. The lowest BCUT2D eigenvalue weighted by molar-refractivity contribution is -0.135. The average molecular weight is 646 g/mol. The molecule has 10 heteroatoms. The summed E-state index contributed by atoms with van der Waals surface area (Å²) in [5.74, 6) is 0.269. The molecule has 0 aliphatic carbocycles. The third-order valence-electron chi connectivity index (χ3n) is 8.78. The van der Waals surface area contributed by atoms with Gasteiger partial charge in [-0.1, -0.05) is 36.4 Å². The fourth-order valence-corrected chi connectivity index (χ4v) is 7.24. The number of fused-ring (bicyclic) bond motifs is 1. The summed E-state index contributed by atoms with van der Waals surface area (Å²) in [5, 5.41) is 20.3. The predicted octanol–water partition coefficient (Wildman–Crippen LogP) is 6.00. The number of hydrogen-bond acceptors (Lipinski definition) is 8. The van der Waals surface area contributed by atoms with Gasteiger partial charge in [-0.3, -0.25) is 8.77 Å². The molecule has 0 radical (unpaired) electrons. The van der Waals surface area contributed by atoms with Crippen molar-refractivity contribution < 1.29 is 19.4 Å². The number of ether oxygens (including phenoxy) is 2. The predicted molar refractivity (Wildman–Crippen MR) is 183 cm³/mol. The number of carbonyl (C=O) groups is 1. The first-order valence-corrected chi connectivity index (χ1v) is 16.7. The van der Waals surface area contributed by atoms with Gasteiger partial charge in [0.1, 0.15) is 24.5 Å². The summed E-state index contributed by atoms with van der Waals surface area (Å²) in [5.41, 5.74) is 6.49. The Morgan fingerprint density at radius 1 is 0.957 bits per heavy atom. The van der Waals surface area contributed by atoms with Crippen molar-refractivity contribution in [1.82, 2.24) is 13.9 Å². The van der Waals surface area contributed by atoms with Gasteiger partial charge < -0.3 is 24.4 Å². The fourth-order valence-electron chi connectivity index (χ4n) is 6.26. The van der Waals surface area contributed by atoms with Gasteiger partial charge in [-0.15, -0.1) is 0 Å². The smallest absolute Gasteiger partial charge is 0.248 e. The van der Waals surface area contributed by atoms with Crippen molar-refractivity contribution in [1.29, 1.82) is 5.26 Å². The summed E-state index contributed by atoms with van der Waals surface area (Å²) in [6, 6.07) is 31.2. The summed E-state index contributed by atoms with van der Waals surface area (Å²) < 4.78 is 14.0. The summed E-state index contributed by atoms with van der Waals surface area (Å²) in [4.78, 5) is 21.8. The van der Waals surface area contributed by atoms with Crippen molar-refractivity contribution in [2.75, 3.05) is 50.9 Å². The first-order chi connectivity index (χ1) is 23.1. The van der Waals surface area contributed by atoms with E-state index in [4.69, 9.17) is 19.6 Å². The van der Waals surface area contributed by atoms with Gasteiger partial charge in [0.05, 0.1) is 24.5 Å². The van der Waals surface area contributed by atoms with Gasteiger partial charge >= 0.3 is 0 Å². The molecule has 3 aromatic carbocycles. The van der Waals surface area contributed by atoms with Crippen LogP contribution >= 0.6 is 11.9 Å². The van der Waals surface area contributed by atoms with Crippen LogP contribution in [0.4, 0.5) is 5.69 Å². The molecule has 2 aliphatic rings. The van der Waals surface area contributed by atoms with Crippen molar-refractivity contribution in [3.05, 3.63) is 96.7 Å². The third-order valence-corrected chi connectivity index (χ3v) is 9.81. The highest BCUT2D eigenvalue weighted by molar-refractivity contribution is 7.98. The molecule has 0 atom stereocenters. The SMILES string of the molecule is N#Cc1cc(-c2ccnc3c2cc(-c2ccc(N4CCOCC4)cc2)n3Sc2ccccc2)ccc1OC1CCN(C(=O)CO)CC1. The van der Waals surface area contributed by atoms with Crippen LogP contribution in [0.1, 0.15) is 18.4 Å². The van der Waals surface area contributed by atoms with Gasteiger partial charge in [-0.05, 0) is 77.2 Å². The number of aliphatic hydroxyl groups is 1. The van der Waals surface area contributed by atoms with E-state index in [1.54, 1.807) is 16.8 Å². The fraction of sp³-hybridized carbons (Fsp3) is 0.270. The number of benzene rings is 3. The number of carbonyl (C=O) groups excluding carboxylic acids is 1. The number of aromatic nitrogens is 2. The second kappa shape index (κ2) is 13.9. The molecule has 2 aromatic heterocycles. The van der Waals surface area contributed by atoms with Crippen LogP contribution in [0.25, 0.3) is 33.4 Å². The lowest BCUT2D eigenvalue weighted by Gasteiger charge is -2.32. The normalized spacial score (nSPS) is 15.5. The molecule has 1 amide bonds. The molecule has 9 nitrogen and oxygen atoms in total. The molecule has 0 bridgehead atoms. The lowest BCUT2D eigenvalue weighted by atomic mass is 10.0. The van der Waals surface area contributed by atoms with Crippen LogP contribution in [0, 0.1) is 11.3 Å². The number of piperidine rings is 1. The maximum atomic E-state index is 11.8. The summed E-state index contributed by atoms with van der Waals surface area (Å²) in [6.07, 6.45) is 3.01. The highest BCUT2D eigenvalue weighted by Crippen LogP contribution is 2.39. The van der Waals surface area contributed by atoms with Gasteiger partial charge in [0.25, 0.3) is 0 Å². The Morgan fingerprint density at radius 2 is 1.70 bits per heavy atom. The number of nitrogens with zero attached hydrogens (tertiary/aromatic N) is 5. The molecule has 2 aliphatic heterocycles. The number of aliphatic hydroxyl groups excluding tert-OH is 1. The number of pyridine rings is 1. The molecule has 1 N–H and O–H groups in total. The monoisotopic (exact) mass is 645 g/mol. The van der Waals surface area contributed by atoms with Crippen molar-refractivity contribution in [2.45, 2.75) is 23.8 Å². The van der Waals surface area contributed by atoms with Crippen molar-refractivity contribution >= 4 is 34.6 Å². The van der Waals surface area contributed by atoms with Gasteiger partial charge in [-0.2, -0.15) is 5.26 Å². The Hall–Kier alpha value is -4.82. The van der Waals surface area contributed by atoms with Crippen LogP contribution in [0.3, 0.4) is 0 Å². The van der Waals surface area contributed by atoms with E-state index in [1.807, 2.05) is 48.7 Å². The first kappa shape index (κ1) is 30.8. The highest BCUT2D eigenvalue weighted by Gasteiger charge is 2.25. The van der Waals surface area contributed by atoms with E-state index in [2.05, 4.69) is 57.4 Å². The third kappa shape index (κ3) is 6.56. The Kier molecular flexibility index (Phi) is 9.11. The molecule has 5 aromatic rings. The zero-order chi connectivity index (χ0) is 32.2. The Morgan fingerprint density at radius 3 is 2.43 bits per heavy atom. The number of hydrogen-bond donors (Lipinski definition) is 1. The number of likely N-dealkylation sites (tertiary alicyclic amines) is 1. The Balaban J connectivity index is 1.22. The largest absolute Gasteiger partial charge is 0.489 e. The molecule has 2 saturated heterocycles.